The van der Waals surface area contributed by atoms with Crippen molar-refractivity contribution in [3.8, 4) is 0 Å². The van der Waals surface area contributed by atoms with Crippen LogP contribution in [0.2, 0.25) is 0 Å². The smallest absolute Gasteiger partial charge is 0.306 e. The summed E-state index contributed by atoms with van der Waals surface area (Å²) in [4.78, 5) is 16.5. The molecule has 1 heterocycles. The molecule has 2 aromatic carbocycles. The number of H-pyrrole nitrogens is 2. The van der Waals surface area contributed by atoms with E-state index in [1.54, 1.807) is 6.07 Å². The van der Waals surface area contributed by atoms with Crippen LogP contribution in [-0.2, 0) is 22.9 Å². The Kier molecular flexibility index (Phi) is 4.55. The molecule has 0 bridgehead atoms. The summed E-state index contributed by atoms with van der Waals surface area (Å²) in [6, 6.07) is 12.6. The molecule has 1 aromatic heterocycles. The minimum absolute atomic E-state index is 0.131. The van der Waals surface area contributed by atoms with Crippen molar-refractivity contribution in [1.29, 1.82) is 0 Å². The lowest BCUT2D eigenvalue weighted by Crippen LogP contribution is -2.26. The number of aromatic nitrogens is 2. The van der Waals surface area contributed by atoms with Gasteiger partial charge in [0.05, 0.1) is 15.9 Å². The van der Waals surface area contributed by atoms with E-state index < -0.39 is 10.0 Å². The Morgan fingerprint density at radius 1 is 0.958 bits per heavy atom. The fraction of sp³-hybridized carbons (Fsp3) is 0.235. The molecule has 0 saturated carbocycles. The first kappa shape index (κ1) is 16.5. The van der Waals surface area contributed by atoms with E-state index in [0.29, 0.717) is 24.0 Å². The quantitative estimate of drug-likeness (QED) is 0.637. The van der Waals surface area contributed by atoms with Gasteiger partial charge in [-0.3, -0.25) is 0 Å². The Hall–Kier alpha value is -2.38. The average Bonchev–Trinajstić information content (AvgIpc) is 2.94. The number of nitrogens with one attached hydrogen (secondary N) is 3. The second kappa shape index (κ2) is 6.62. The second-order valence-electron chi connectivity index (χ2n) is 5.60. The topological polar surface area (TPSA) is 94.8 Å². The van der Waals surface area contributed by atoms with Gasteiger partial charge in [0, 0.05) is 6.54 Å². The summed E-state index contributed by atoms with van der Waals surface area (Å²) >= 11 is 0. The minimum Gasteiger partial charge on any atom is -0.306 e. The molecule has 0 atom stereocenters. The highest BCUT2D eigenvalue weighted by atomic mass is 32.2. The lowest BCUT2D eigenvalue weighted by molar-refractivity contribution is 0.582. The molecule has 0 aliphatic rings. The molecule has 0 unspecified atom stereocenters. The number of benzene rings is 2. The van der Waals surface area contributed by atoms with Crippen LogP contribution in [0.4, 0.5) is 0 Å². The predicted octanol–water partition coefficient (Wildman–Crippen LogP) is 1.94. The van der Waals surface area contributed by atoms with Gasteiger partial charge in [0.15, 0.2) is 0 Å². The van der Waals surface area contributed by atoms with Crippen LogP contribution in [0, 0.1) is 0 Å². The molecule has 0 fully saturated rings. The Morgan fingerprint density at radius 3 is 2.33 bits per heavy atom. The summed E-state index contributed by atoms with van der Waals surface area (Å²) in [5.74, 6) is 0. The molecule has 3 rings (SSSR count). The molecule has 0 aliphatic heterocycles. The number of hydrogen-bond donors (Lipinski definition) is 3. The van der Waals surface area contributed by atoms with E-state index in [0.717, 1.165) is 12.0 Å². The van der Waals surface area contributed by atoms with Crippen molar-refractivity contribution in [2.45, 2.75) is 24.7 Å². The van der Waals surface area contributed by atoms with Crippen LogP contribution >= 0.6 is 0 Å². The summed E-state index contributed by atoms with van der Waals surface area (Å²) in [5, 5.41) is 0. The maximum atomic E-state index is 12.4. The van der Waals surface area contributed by atoms with Gasteiger partial charge in [0.2, 0.25) is 10.0 Å². The SMILES string of the molecule is CCc1ccc(CCNS(=O)(=O)c2ccc3[nH]c(=O)[nH]c3c2)cc1. The zero-order valence-electron chi connectivity index (χ0n) is 13.3. The Bertz CT molecular complexity index is 1000. The number of fused-ring (bicyclic) bond motifs is 1. The van der Waals surface area contributed by atoms with Gasteiger partial charge in [-0.2, -0.15) is 0 Å². The van der Waals surface area contributed by atoms with Crippen LogP contribution in [-0.4, -0.2) is 24.9 Å². The first-order valence-corrected chi connectivity index (χ1v) is 9.26. The summed E-state index contributed by atoms with van der Waals surface area (Å²) in [6.45, 7) is 2.41. The molecular weight excluding hydrogens is 326 g/mol. The number of rotatable bonds is 6. The van der Waals surface area contributed by atoms with Gasteiger partial charge in [-0.25, -0.2) is 17.9 Å². The monoisotopic (exact) mass is 345 g/mol. The standard InChI is InChI=1S/C17H19N3O3S/c1-2-12-3-5-13(6-4-12)9-10-18-24(22,23)14-7-8-15-16(11-14)20-17(21)19-15/h3-8,11,18H,2,9-10H2,1H3,(H2,19,20,21). The van der Waals surface area contributed by atoms with Gasteiger partial charge < -0.3 is 9.97 Å². The number of aryl methyl sites for hydroxylation is 1. The molecule has 0 amide bonds. The van der Waals surface area contributed by atoms with Gasteiger partial charge in [0.25, 0.3) is 0 Å². The molecule has 0 aliphatic carbocycles. The molecule has 6 nitrogen and oxygen atoms in total. The molecule has 0 saturated heterocycles. The Balaban J connectivity index is 1.68. The van der Waals surface area contributed by atoms with Crippen LogP contribution in [0.15, 0.2) is 52.2 Å². The van der Waals surface area contributed by atoms with Crippen molar-refractivity contribution in [3.63, 3.8) is 0 Å². The van der Waals surface area contributed by atoms with Crippen LogP contribution in [0.1, 0.15) is 18.1 Å². The minimum atomic E-state index is -3.61. The lowest BCUT2D eigenvalue weighted by atomic mass is 10.1. The molecule has 7 heteroatoms. The highest BCUT2D eigenvalue weighted by Gasteiger charge is 2.14. The third kappa shape index (κ3) is 3.58. The molecular formula is C17H19N3O3S. The zero-order chi connectivity index (χ0) is 17.2. The number of aromatic amines is 2. The second-order valence-corrected chi connectivity index (χ2v) is 7.37. The number of imidazole rings is 1. The zero-order valence-corrected chi connectivity index (χ0v) is 14.1. The average molecular weight is 345 g/mol. The van der Waals surface area contributed by atoms with Gasteiger partial charge >= 0.3 is 5.69 Å². The largest absolute Gasteiger partial charge is 0.323 e. The highest BCUT2D eigenvalue weighted by Crippen LogP contribution is 2.15. The fourth-order valence-corrected chi connectivity index (χ4v) is 3.59. The fourth-order valence-electron chi connectivity index (χ4n) is 2.53. The van der Waals surface area contributed by atoms with Crippen LogP contribution in [0.25, 0.3) is 11.0 Å². The van der Waals surface area contributed by atoms with Crippen molar-refractivity contribution < 1.29 is 8.42 Å². The van der Waals surface area contributed by atoms with Gasteiger partial charge in [-0.05, 0) is 42.2 Å². The molecule has 3 aromatic rings. The van der Waals surface area contributed by atoms with E-state index in [4.69, 9.17) is 0 Å². The number of hydrogen-bond acceptors (Lipinski definition) is 3. The van der Waals surface area contributed by atoms with Crippen LogP contribution < -0.4 is 10.4 Å². The highest BCUT2D eigenvalue weighted by molar-refractivity contribution is 7.89. The van der Waals surface area contributed by atoms with Gasteiger partial charge in [-0.15, -0.1) is 0 Å². The van der Waals surface area contributed by atoms with Crippen molar-refractivity contribution in [1.82, 2.24) is 14.7 Å². The molecule has 24 heavy (non-hydrogen) atoms. The van der Waals surface area contributed by atoms with E-state index in [-0.39, 0.29) is 10.6 Å². The summed E-state index contributed by atoms with van der Waals surface area (Å²) in [6.07, 6.45) is 1.60. The molecule has 0 radical (unpaired) electrons. The maximum absolute atomic E-state index is 12.4. The molecule has 126 valence electrons. The Labute approximate surface area is 140 Å². The molecule has 0 spiro atoms. The van der Waals surface area contributed by atoms with E-state index in [1.165, 1.54) is 17.7 Å². The molecule has 3 N–H and O–H groups in total. The maximum Gasteiger partial charge on any atom is 0.323 e. The van der Waals surface area contributed by atoms with Gasteiger partial charge in [-0.1, -0.05) is 31.2 Å². The van der Waals surface area contributed by atoms with Crippen molar-refractivity contribution in [2.75, 3.05) is 6.54 Å². The van der Waals surface area contributed by atoms with Gasteiger partial charge in [0.1, 0.15) is 0 Å². The van der Waals surface area contributed by atoms with E-state index >= 15 is 0 Å². The van der Waals surface area contributed by atoms with Crippen molar-refractivity contribution >= 4 is 21.1 Å². The van der Waals surface area contributed by atoms with Crippen LogP contribution in [0.5, 0.6) is 0 Å². The number of sulfonamides is 1. The van der Waals surface area contributed by atoms with Crippen molar-refractivity contribution in [2.24, 2.45) is 0 Å². The predicted molar refractivity (Wildman–Crippen MR) is 93.6 cm³/mol. The first-order chi connectivity index (χ1) is 11.5. The summed E-state index contributed by atoms with van der Waals surface area (Å²) in [7, 11) is -3.61. The third-order valence-corrected chi connectivity index (χ3v) is 5.39. The summed E-state index contributed by atoms with van der Waals surface area (Å²) in [5.41, 5.74) is 3.03. The Morgan fingerprint density at radius 2 is 1.62 bits per heavy atom. The van der Waals surface area contributed by atoms with E-state index in [9.17, 15) is 13.2 Å². The summed E-state index contributed by atoms with van der Waals surface area (Å²) < 4.78 is 27.3. The van der Waals surface area contributed by atoms with E-state index in [2.05, 4.69) is 33.7 Å². The third-order valence-electron chi connectivity index (χ3n) is 3.93. The van der Waals surface area contributed by atoms with Crippen LogP contribution in [0.3, 0.4) is 0 Å². The van der Waals surface area contributed by atoms with Crippen molar-refractivity contribution in [3.05, 3.63) is 64.1 Å². The first-order valence-electron chi connectivity index (χ1n) is 7.77. The van der Waals surface area contributed by atoms with E-state index in [1.807, 2.05) is 12.1 Å². The lowest BCUT2D eigenvalue weighted by Gasteiger charge is -2.07. The normalized spacial score (nSPS) is 11.9.